The molecule has 0 radical (unpaired) electrons. The van der Waals surface area contributed by atoms with Crippen molar-refractivity contribution in [2.45, 2.75) is 71.8 Å². The number of nitrogens with zero attached hydrogens (tertiary/aromatic N) is 2. The Kier molecular flexibility index (Phi) is 10.2. The van der Waals surface area contributed by atoms with Crippen molar-refractivity contribution in [3.05, 3.63) is 42.1 Å². The molecule has 0 atom stereocenters. The van der Waals surface area contributed by atoms with Crippen LogP contribution in [-0.2, 0) is 16.1 Å². The van der Waals surface area contributed by atoms with Crippen LogP contribution in [0.25, 0.3) is 10.9 Å². The fourth-order valence-electron chi connectivity index (χ4n) is 3.46. The molecule has 0 aliphatic carbocycles. The lowest BCUT2D eigenvalue weighted by molar-refractivity contribution is -0.132. The average molecular weight is 398 g/mol. The van der Waals surface area contributed by atoms with Gasteiger partial charge in [-0.15, -0.1) is 0 Å². The van der Waals surface area contributed by atoms with Crippen molar-refractivity contribution in [2.24, 2.45) is 0 Å². The van der Waals surface area contributed by atoms with E-state index >= 15 is 0 Å². The SMILES string of the molecule is CCCCCCCCN(Cc1cnc2ccccc2c1)C(=O)CCCNC(C)=O. The van der Waals surface area contributed by atoms with Crippen LogP contribution in [0, 0.1) is 0 Å². The van der Waals surface area contributed by atoms with Gasteiger partial charge in [0.05, 0.1) is 5.52 Å². The Morgan fingerprint density at radius 3 is 2.59 bits per heavy atom. The molecule has 2 amide bonds. The van der Waals surface area contributed by atoms with Crippen LogP contribution in [0.3, 0.4) is 0 Å². The first-order valence-corrected chi connectivity index (χ1v) is 11.0. The summed E-state index contributed by atoms with van der Waals surface area (Å²) in [7, 11) is 0. The summed E-state index contributed by atoms with van der Waals surface area (Å²) in [6.07, 6.45) is 10.2. The highest BCUT2D eigenvalue weighted by molar-refractivity contribution is 5.79. The Balaban J connectivity index is 1.94. The molecule has 5 heteroatoms. The van der Waals surface area contributed by atoms with Crippen LogP contribution in [0.5, 0.6) is 0 Å². The van der Waals surface area contributed by atoms with Crippen LogP contribution in [0.1, 0.15) is 70.8 Å². The smallest absolute Gasteiger partial charge is 0.222 e. The van der Waals surface area contributed by atoms with Crippen LogP contribution >= 0.6 is 0 Å². The number of carbonyl (C=O) groups excluding carboxylic acids is 2. The molecule has 1 aromatic carbocycles. The lowest BCUT2D eigenvalue weighted by atomic mass is 10.1. The molecule has 1 N–H and O–H groups in total. The minimum Gasteiger partial charge on any atom is -0.356 e. The Bertz CT molecular complexity index is 776. The van der Waals surface area contributed by atoms with Gasteiger partial charge in [-0.25, -0.2) is 0 Å². The van der Waals surface area contributed by atoms with Crippen LogP contribution in [0.2, 0.25) is 0 Å². The maximum Gasteiger partial charge on any atom is 0.222 e. The van der Waals surface area contributed by atoms with Gasteiger partial charge in [-0.1, -0.05) is 57.2 Å². The molecule has 2 aromatic rings. The van der Waals surface area contributed by atoms with Crippen molar-refractivity contribution in [3.63, 3.8) is 0 Å². The minimum absolute atomic E-state index is 0.0522. The van der Waals surface area contributed by atoms with Crippen molar-refractivity contribution in [2.75, 3.05) is 13.1 Å². The largest absolute Gasteiger partial charge is 0.356 e. The van der Waals surface area contributed by atoms with E-state index in [2.05, 4.69) is 29.4 Å². The molecule has 1 aromatic heterocycles. The summed E-state index contributed by atoms with van der Waals surface area (Å²) in [5.74, 6) is 0.0979. The summed E-state index contributed by atoms with van der Waals surface area (Å²) in [4.78, 5) is 30.3. The molecular weight excluding hydrogens is 362 g/mol. The molecule has 0 aliphatic heterocycles. The monoisotopic (exact) mass is 397 g/mol. The van der Waals surface area contributed by atoms with E-state index in [0.717, 1.165) is 35.9 Å². The van der Waals surface area contributed by atoms with E-state index in [-0.39, 0.29) is 11.8 Å². The average Bonchev–Trinajstić information content (AvgIpc) is 2.72. The standard InChI is InChI=1S/C24H35N3O2/c1-3-4-5-6-7-10-16-27(24(29)14-11-15-25-20(2)28)19-21-17-22-12-8-9-13-23(22)26-18-21/h8-9,12-13,17-18H,3-7,10-11,14-16,19H2,1-2H3,(H,25,28). The van der Waals surface area contributed by atoms with Gasteiger partial charge >= 0.3 is 0 Å². The van der Waals surface area contributed by atoms with Crippen molar-refractivity contribution >= 4 is 22.7 Å². The highest BCUT2D eigenvalue weighted by Crippen LogP contribution is 2.16. The zero-order valence-corrected chi connectivity index (χ0v) is 18.0. The van der Waals surface area contributed by atoms with E-state index < -0.39 is 0 Å². The predicted molar refractivity (Wildman–Crippen MR) is 118 cm³/mol. The fraction of sp³-hybridized carbons (Fsp3) is 0.542. The van der Waals surface area contributed by atoms with Gasteiger partial charge in [-0.05, 0) is 30.5 Å². The lowest BCUT2D eigenvalue weighted by Gasteiger charge is -2.23. The number of carbonyl (C=O) groups is 2. The fourth-order valence-corrected chi connectivity index (χ4v) is 3.46. The second-order valence-corrected chi connectivity index (χ2v) is 7.71. The molecule has 1 heterocycles. The number of rotatable bonds is 13. The first-order valence-electron chi connectivity index (χ1n) is 11.0. The number of benzene rings is 1. The molecule has 0 aliphatic rings. The minimum atomic E-state index is -0.0522. The molecule has 0 bridgehead atoms. The van der Waals surface area contributed by atoms with Gasteiger partial charge in [-0.2, -0.15) is 0 Å². The van der Waals surface area contributed by atoms with Gasteiger partial charge in [0.25, 0.3) is 0 Å². The quantitative estimate of drug-likeness (QED) is 0.492. The van der Waals surface area contributed by atoms with E-state index in [4.69, 9.17) is 0 Å². The van der Waals surface area contributed by atoms with Gasteiger partial charge in [0.2, 0.25) is 11.8 Å². The third-order valence-electron chi connectivity index (χ3n) is 5.10. The van der Waals surface area contributed by atoms with E-state index in [1.54, 1.807) is 0 Å². The van der Waals surface area contributed by atoms with Gasteiger partial charge in [0, 0.05) is 44.6 Å². The number of para-hydroxylation sites is 1. The Morgan fingerprint density at radius 1 is 1.03 bits per heavy atom. The molecule has 0 unspecified atom stereocenters. The number of amides is 2. The van der Waals surface area contributed by atoms with Gasteiger partial charge < -0.3 is 10.2 Å². The van der Waals surface area contributed by atoms with Crippen LogP contribution in [0.4, 0.5) is 0 Å². The van der Waals surface area contributed by atoms with E-state index in [9.17, 15) is 9.59 Å². The van der Waals surface area contributed by atoms with Gasteiger partial charge in [-0.3, -0.25) is 14.6 Å². The molecule has 0 saturated carbocycles. The molecule has 5 nitrogen and oxygen atoms in total. The first kappa shape index (κ1) is 22.9. The van der Waals surface area contributed by atoms with Gasteiger partial charge in [0.1, 0.15) is 0 Å². The number of nitrogens with one attached hydrogen (secondary N) is 1. The molecule has 2 rings (SSSR count). The van der Waals surface area contributed by atoms with E-state index in [0.29, 0.717) is 25.9 Å². The van der Waals surface area contributed by atoms with Crippen LogP contribution < -0.4 is 5.32 Å². The third kappa shape index (κ3) is 8.63. The van der Waals surface area contributed by atoms with Crippen molar-refractivity contribution in [1.29, 1.82) is 0 Å². The number of unbranched alkanes of at least 4 members (excludes halogenated alkanes) is 5. The highest BCUT2D eigenvalue weighted by Gasteiger charge is 2.14. The summed E-state index contributed by atoms with van der Waals surface area (Å²) in [5.41, 5.74) is 2.03. The summed E-state index contributed by atoms with van der Waals surface area (Å²) >= 11 is 0. The molecule has 0 spiro atoms. The summed E-state index contributed by atoms with van der Waals surface area (Å²) in [6.45, 7) is 5.63. The number of hydrogen-bond acceptors (Lipinski definition) is 3. The van der Waals surface area contributed by atoms with E-state index in [1.165, 1.54) is 32.6 Å². The maximum atomic E-state index is 12.8. The summed E-state index contributed by atoms with van der Waals surface area (Å²) in [6, 6.07) is 10.2. The summed E-state index contributed by atoms with van der Waals surface area (Å²) in [5, 5.41) is 3.86. The zero-order chi connectivity index (χ0) is 20.9. The molecular formula is C24H35N3O2. The van der Waals surface area contributed by atoms with Crippen molar-refractivity contribution in [3.8, 4) is 0 Å². The Hall–Kier alpha value is -2.43. The first-order chi connectivity index (χ1) is 14.1. The third-order valence-corrected chi connectivity index (χ3v) is 5.10. The second-order valence-electron chi connectivity index (χ2n) is 7.71. The number of aromatic nitrogens is 1. The number of fused-ring (bicyclic) bond motifs is 1. The Labute approximate surface area is 174 Å². The lowest BCUT2D eigenvalue weighted by Crippen LogP contribution is -2.32. The second kappa shape index (κ2) is 12.9. The van der Waals surface area contributed by atoms with Crippen LogP contribution in [0.15, 0.2) is 36.5 Å². The van der Waals surface area contributed by atoms with Gasteiger partial charge in [0.15, 0.2) is 0 Å². The molecule has 0 fully saturated rings. The molecule has 0 saturated heterocycles. The molecule has 29 heavy (non-hydrogen) atoms. The predicted octanol–water partition coefficient (Wildman–Crippen LogP) is 4.84. The maximum absolute atomic E-state index is 12.8. The summed E-state index contributed by atoms with van der Waals surface area (Å²) < 4.78 is 0. The van der Waals surface area contributed by atoms with E-state index in [1.807, 2.05) is 29.3 Å². The normalized spacial score (nSPS) is 10.8. The number of hydrogen-bond donors (Lipinski definition) is 1. The van der Waals surface area contributed by atoms with Crippen molar-refractivity contribution in [1.82, 2.24) is 15.2 Å². The van der Waals surface area contributed by atoms with Crippen LogP contribution in [-0.4, -0.2) is 34.8 Å². The number of pyridine rings is 1. The van der Waals surface area contributed by atoms with Crippen molar-refractivity contribution < 1.29 is 9.59 Å². The highest BCUT2D eigenvalue weighted by atomic mass is 16.2. The molecule has 158 valence electrons. The topological polar surface area (TPSA) is 62.3 Å². The Morgan fingerprint density at radius 2 is 1.79 bits per heavy atom. The zero-order valence-electron chi connectivity index (χ0n) is 18.0.